The van der Waals surface area contributed by atoms with Crippen LogP contribution in [-0.2, 0) is 22.7 Å². The van der Waals surface area contributed by atoms with Crippen molar-refractivity contribution in [3.63, 3.8) is 0 Å². The smallest absolute Gasteiger partial charge is 0.365 e. The van der Waals surface area contributed by atoms with Crippen LogP contribution in [0.5, 0.6) is 0 Å². The summed E-state index contributed by atoms with van der Waals surface area (Å²) in [4.78, 5) is 31.2. The molecule has 1 unspecified atom stereocenters. The maximum atomic E-state index is 14.9. The van der Waals surface area contributed by atoms with E-state index in [2.05, 4.69) is 26.4 Å². The fourth-order valence-electron chi connectivity index (χ4n) is 5.45. The Kier molecular flexibility index (Phi) is 7.70. The number of benzene rings is 1. The third-order valence-corrected chi connectivity index (χ3v) is 7.91. The second kappa shape index (κ2) is 11.1. The Labute approximate surface area is 233 Å². The monoisotopic (exact) mass is 571 g/mol. The molecule has 1 aromatic carbocycles. The number of hydrogen-bond donors (Lipinski definition) is 2. The molecular weight excluding hydrogens is 542 g/mol. The van der Waals surface area contributed by atoms with Crippen LogP contribution in [0, 0.1) is 28.5 Å². The molecule has 3 N–H and O–H groups in total. The summed E-state index contributed by atoms with van der Waals surface area (Å²) in [7, 11) is 0. The molecule has 2 aliphatic heterocycles. The summed E-state index contributed by atoms with van der Waals surface area (Å²) < 4.78 is 53.5. The van der Waals surface area contributed by atoms with E-state index in [1.807, 2.05) is 0 Å². The molecule has 5 rings (SSSR count). The molecule has 9 nitrogen and oxygen atoms in total. The highest BCUT2D eigenvalue weighted by molar-refractivity contribution is 6.24. The summed E-state index contributed by atoms with van der Waals surface area (Å²) in [5.74, 6) is -1.37. The van der Waals surface area contributed by atoms with Crippen molar-refractivity contribution in [3.8, 4) is 17.3 Å². The molecule has 2 aromatic rings. The van der Waals surface area contributed by atoms with Gasteiger partial charge in [0.2, 0.25) is 5.91 Å². The van der Waals surface area contributed by atoms with E-state index in [0.717, 1.165) is 23.7 Å². The molecule has 3 heterocycles. The van der Waals surface area contributed by atoms with E-state index < -0.39 is 35.9 Å². The van der Waals surface area contributed by atoms with E-state index >= 15 is 0 Å². The van der Waals surface area contributed by atoms with Crippen molar-refractivity contribution in [2.75, 3.05) is 13.1 Å². The second-order valence-corrected chi connectivity index (χ2v) is 10.9. The molecule has 2 fully saturated rings. The van der Waals surface area contributed by atoms with Crippen LogP contribution in [0.2, 0.25) is 0 Å². The van der Waals surface area contributed by atoms with Crippen LogP contribution < -0.4 is 11.1 Å². The Morgan fingerprint density at radius 3 is 2.54 bits per heavy atom. The van der Waals surface area contributed by atoms with Crippen LogP contribution >= 0.6 is 0 Å². The van der Waals surface area contributed by atoms with Gasteiger partial charge in [0.15, 0.2) is 0 Å². The largest absolute Gasteiger partial charge is 0.408 e. The first-order chi connectivity index (χ1) is 19.5. The number of carbonyl (C=O) groups is 2. The fraction of sp³-hybridized carbons (Fsp3) is 0.464. The number of nitrogens with two attached hydrogens (primary N) is 1. The summed E-state index contributed by atoms with van der Waals surface area (Å²) in [5, 5.41) is 16.2. The van der Waals surface area contributed by atoms with Crippen LogP contribution in [0.4, 0.5) is 17.6 Å². The number of halogens is 4. The molecule has 1 saturated heterocycles. The lowest BCUT2D eigenvalue weighted by atomic mass is 9.70. The quantitative estimate of drug-likeness (QED) is 0.469. The highest BCUT2D eigenvalue weighted by Gasteiger charge is 2.44. The Hall–Kier alpha value is -4.05. The van der Waals surface area contributed by atoms with Gasteiger partial charge in [0.1, 0.15) is 18.2 Å². The number of amides is 2. The summed E-state index contributed by atoms with van der Waals surface area (Å²) in [6.07, 6.45) is 1.35. The molecular formula is C28H29F4N7O2. The molecule has 0 spiro atoms. The van der Waals surface area contributed by atoms with Gasteiger partial charge in [-0.15, -0.1) is 0 Å². The number of nitrogens with zero attached hydrogens (tertiary/aromatic N) is 5. The molecule has 41 heavy (non-hydrogen) atoms. The van der Waals surface area contributed by atoms with E-state index in [9.17, 15) is 32.4 Å². The van der Waals surface area contributed by atoms with E-state index in [1.54, 1.807) is 12.1 Å². The average Bonchev–Trinajstić information content (AvgIpc) is 3.52. The maximum absolute atomic E-state index is 14.9. The van der Waals surface area contributed by atoms with E-state index in [-0.39, 0.29) is 40.9 Å². The van der Waals surface area contributed by atoms with Crippen LogP contribution in [0.3, 0.4) is 0 Å². The van der Waals surface area contributed by atoms with E-state index in [4.69, 9.17) is 5.73 Å². The minimum Gasteiger partial charge on any atom is -0.365 e. The van der Waals surface area contributed by atoms with Crippen molar-refractivity contribution in [2.45, 2.75) is 57.4 Å². The predicted octanol–water partition coefficient (Wildman–Crippen LogP) is 3.47. The van der Waals surface area contributed by atoms with Crippen LogP contribution in [-0.4, -0.2) is 57.6 Å². The zero-order valence-electron chi connectivity index (χ0n) is 22.1. The SMILES string of the molecule is N#CCC1(C2C=C(C(N)=O)C(NC(=O)C3CC3)=N2)CCN(Cc2ccc(-c3ccn(CC(F)(F)F)n3)c(F)c2)CC1. The number of amidine groups is 1. The number of aliphatic imine (C=N–C) groups is 1. The van der Waals surface area contributed by atoms with Crippen LogP contribution in [0.15, 0.2) is 47.1 Å². The highest BCUT2D eigenvalue weighted by atomic mass is 19.4. The van der Waals surface area contributed by atoms with Gasteiger partial charge in [0.05, 0.1) is 23.4 Å². The Balaban J connectivity index is 1.25. The Morgan fingerprint density at radius 1 is 1.20 bits per heavy atom. The average molecular weight is 572 g/mol. The van der Waals surface area contributed by atoms with Crippen molar-refractivity contribution in [2.24, 2.45) is 22.1 Å². The summed E-state index contributed by atoms with van der Waals surface area (Å²) in [6.45, 7) is 0.351. The maximum Gasteiger partial charge on any atom is 0.408 e. The van der Waals surface area contributed by atoms with Gasteiger partial charge in [-0.2, -0.15) is 23.5 Å². The molecule has 1 aromatic heterocycles. The molecule has 2 amide bonds. The second-order valence-electron chi connectivity index (χ2n) is 10.9. The number of hydrogen-bond acceptors (Lipinski definition) is 6. The third-order valence-electron chi connectivity index (χ3n) is 7.91. The van der Waals surface area contributed by atoms with Gasteiger partial charge in [0, 0.05) is 36.1 Å². The summed E-state index contributed by atoms with van der Waals surface area (Å²) >= 11 is 0. The number of alkyl halides is 3. The number of primary amides is 1. The number of rotatable bonds is 8. The van der Waals surface area contributed by atoms with Crippen molar-refractivity contribution >= 4 is 17.6 Å². The molecule has 1 saturated carbocycles. The first-order valence-electron chi connectivity index (χ1n) is 13.4. The molecule has 1 aliphatic carbocycles. The van der Waals surface area contributed by atoms with Gasteiger partial charge >= 0.3 is 6.18 Å². The molecule has 216 valence electrons. The number of likely N-dealkylation sites (tertiary alicyclic amines) is 1. The normalized spacial score (nSPS) is 20.7. The molecule has 1 atom stereocenters. The number of nitrogens with one attached hydrogen (secondary N) is 1. The third kappa shape index (κ3) is 6.48. The van der Waals surface area contributed by atoms with Gasteiger partial charge in [-0.1, -0.05) is 6.07 Å². The Bertz CT molecular complexity index is 1440. The summed E-state index contributed by atoms with van der Waals surface area (Å²) in [5.41, 5.74) is 6.08. The fourth-order valence-corrected chi connectivity index (χ4v) is 5.45. The molecule has 13 heteroatoms. The molecule has 3 aliphatic rings. The van der Waals surface area contributed by atoms with Crippen LogP contribution in [0.25, 0.3) is 11.3 Å². The lowest BCUT2D eigenvalue weighted by Gasteiger charge is -2.42. The van der Waals surface area contributed by atoms with E-state index in [0.29, 0.717) is 38.0 Å². The lowest BCUT2D eigenvalue weighted by molar-refractivity contribution is -0.142. The number of piperidine rings is 1. The number of carbonyl (C=O) groups excluding carboxylic acids is 2. The minimum absolute atomic E-state index is 0.0761. The van der Waals surface area contributed by atoms with Crippen molar-refractivity contribution in [1.82, 2.24) is 20.0 Å². The standard InChI is InChI=1S/C28H29F4N7O2/c29-21-13-17(1-4-19(21)22-5-10-39(37-22)16-28(30,31)32)15-38-11-7-27(6-9-33,8-12-38)23-14-20(24(34)40)25(35-23)36-26(41)18-2-3-18/h1,4-5,10,13-14,18,23H,2-3,6-8,11-12,15-16H2,(H2,34,40)(H,35,36,41). The predicted molar refractivity (Wildman–Crippen MR) is 140 cm³/mol. The summed E-state index contributed by atoms with van der Waals surface area (Å²) in [6, 6.07) is 7.69. The van der Waals surface area contributed by atoms with Crippen molar-refractivity contribution in [3.05, 3.63) is 53.5 Å². The minimum atomic E-state index is -4.43. The van der Waals surface area contributed by atoms with Gasteiger partial charge in [-0.3, -0.25) is 24.2 Å². The Morgan fingerprint density at radius 2 is 1.93 bits per heavy atom. The van der Waals surface area contributed by atoms with Crippen LogP contribution in [0.1, 0.15) is 37.7 Å². The molecule has 0 bridgehead atoms. The van der Waals surface area contributed by atoms with Gasteiger partial charge in [0.25, 0.3) is 5.91 Å². The topological polar surface area (TPSA) is 129 Å². The van der Waals surface area contributed by atoms with Gasteiger partial charge in [-0.05, 0) is 68.6 Å². The van der Waals surface area contributed by atoms with Crippen molar-refractivity contribution in [1.29, 1.82) is 5.26 Å². The first-order valence-corrected chi connectivity index (χ1v) is 13.4. The molecule has 0 radical (unpaired) electrons. The lowest BCUT2D eigenvalue weighted by Crippen LogP contribution is -2.44. The first kappa shape index (κ1) is 28.5. The number of nitriles is 1. The highest BCUT2D eigenvalue weighted by Crippen LogP contribution is 2.43. The van der Waals surface area contributed by atoms with Gasteiger partial charge in [-0.25, -0.2) is 4.39 Å². The zero-order chi connectivity index (χ0) is 29.4. The zero-order valence-corrected chi connectivity index (χ0v) is 22.1. The van der Waals surface area contributed by atoms with Crippen molar-refractivity contribution < 1.29 is 27.2 Å². The van der Waals surface area contributed by atoms with E-state index in [1.165, 1.54) is 18.2 Å². The van der Waals surface area contributed by atoms with Gasteiger partial charge < -0.3 is 11.1 Å². The number of aromatic nitrogens is 2.